The Morgan fingerprint density at radius 2 is 1.65 bits per heavy atom. The molecule has 0 amide bonds. The Balaban J connectivity index is 0.000000758. The Hall–Kier alpha value is -1.46. The summed E-state index contributed by atoms with van der Waals surface area (Å²) in [4.78, 5) is 16.2. The second-order valence-corrected chi connectivity index (χ2v) is 7.89. The van der Waals surface area contributed by atoms with Crippen molar-refractivity contribution in [2.45, 2.75) is 63.7 Å². The highest BCUT2D eigenvalue weighted by Crippen LogP contribution is 2.43. The molecule has 3 rings (SSSR count). The lowest BCUT2D eigenvalue weighted by Crippen LogP contribution is -2.39. The Morgan fingerprint density at radius 1 is 1.08 bits per heavy atom. The molecule has 0 bridgehead atoms. The molecule has 142 valence electrons. The molecule has 1 saturated carbocycles. The molecule has 0 spiro atoms. The highest BCUT2D eigenvalue weighted by Gasteiger charge is 2.35. The predicted molar refractivity (Wildman–Crippen MR) is 100 cm³/mol. The van der Waals surface area contributed by atoms with Gasteiger partial charge in [0.25, 0.3) is 0 Å². The minimum absolute atomic E-state index is 0.250. The second-order valence-electron chi connectivity index (χ2n) is 7.89. The molecular formula is C20H30BNO4. The molecule has 1 fully saturated rings. The van der Waals surface area contributed by atoms with Crippen molar-refractivity contribution in [3.8, 4) is 0 Å². The summed E-state index contributed by atoms with van der Waals surface area (Å²) in [5.74, 6) is 2.42. The largest absolute Gasteiger partial charge is 0.451 e. The molecular weight excluding hydrogens is 329 g/mol. The van der Waals surface area contributed by atoms with E-state index in [1.165, 1.54) is 32.1 Å². The first-order valence-corrected chi connectivity index (χ1v) is 9.71. The van der Waals surface area contributed by atoms with Gasteiger partial charge in [0.1, 0.15) is 0 Å². The molecule has 1 aromatic rings. The molecule has 1 aromatic carbocycles. The van der Waals surface area contributed by atoms with Crippen molar-refractivity contribution < 1.29 is 19.6 Å². The zero-order valence-electron chi connectivity index (χ0n) is 15.3. The maximum absolute atomic E-state index is 8.84. The highest BCUT2D eigenvalue weighted by atomic mass is 16.4. The van der Waals surface area contributed by atoms with Crippen molar-refractivity contribution in [3.05, 3.63) is 35.4 Å². The van der Waals surface area contributed by atoms with Crippen LogP contribution in [0.2, 0.25) is 6.32 Å². The summed E-state index contributed by atoms with van der Waals surface area (Å²) in [5, 5.41) is 17.7. The van der Waals surface area contributed by atoms with E-state index in [2.05, 4.69) is 24.3 Å². The van der Waals surface area contributed by atoms with Crippen LogP contribution in [0.3, 0.4) is 0 Å². The molecule has 0 radical (unpaired) electrons. The third-order valence-corrected chi connectivity index (χ3v) is 5.93. The van der Waals surface area contributed by atoms with Crippen molar-refractivity contribution in [3.63, 3.8) is 0 Å². The summed E-state index contributed by atoms with van der Waals surface area (Å²) in [5.41, 5.74) is 9.44. The van der Waals surface area contributed by atoms with Crippen LogP contribution in [0.25, 0.3) is 0 Å². The smallest absolute Gasteiger partial charge is 0.427 e. The fraction of sp³-hybridized carbons (Fsp3) is 0.650. The maximum Gasteiger partial charge on any atom is 0.451 e. The molecule has 6 heteroatoms. The van der Waals surface area contributed by atoms with Gasteiger partial charge in [0.05, 0.1) is 0 Å². The maximum atomic E-state index is 8.84. The van der Waals surface area contributed by atoms with Gasteiger partial charge in [-0.1, -0.05) is 37.1 Å². The molecule has 0 heterocycles. The zero-order valence-corrected chi connectivity index (χ0v) is 15.3. The van der Waals surface area contributed by atoms with Gasteiger partial charge in [0.2, 0.25) is 0 Å². The summed E-state index contributed by atoms with van der Waals surface area (Å²) in [6.07, 6.45) is 10.1. The fourth-order valence-corrected chi connectivity index (χ4v) is 4.56. The van der Waals surface area contributed by atoms with Crippen LogP contribution >= 0.6 is 0 Å². The summed E-state index contributed by atoms with van der Waals surface area (Å²) in [6, 6.07) is 9.21. The molecule has 0 saturated heterocycles. The predicted octanol–water partition coefficient (Wildman–Crippen LogP) is 2.20. The first-order valence-electron chi connectivity index (χ1n) is 9.71. The second kappa shape index (κ2) is 10.6. The number of hydrogen-bond acceptors (Lipinski definition) is 5. The third-order valence-electron chi connectivity index (χ3n) is 5.93. The van der Waals surface area contributed by atoms with Crippen molar-refractivity contribution in [1.29, 1.82) is 0 Å². The van der Waals surface area contributed by atoms with Crippen molar-refractivity contribution in [2.75, 3.05) is 0 Å². The van der Waals surface area contributed by atoms with Gasteiger partial charge in [0, 0.05) is 6.04 Å². The molecule has 1 atom stereocenters. The molecule has 26 heavy (non-hydrogen) atoms. The molecule has 4 N–H and O–H groups in total. The topological polar surface area (TPSA) is 101 Å². The van der Waals surface area contributed by atoms with Crippen LogP contribution in [0.1, 0.15) is 49.7 Å². The average molecular weight is 359 g/mol. The molecule has 2 aliphatic rings. The Kier molecular flexibility index (Phi) is 8.53. The van der Waals surface area contributed by atoms with Crippen LogP contribution in [-0.4, -0.2) is 29.4 Å². The van der Waals surface area contributed by atoms with Crippen LogP contribution in [0.15, 0.2) is 24.3 Å². The van der Waals surface area contributed by atoms with E-state index in [1.54, 1.807) is 11.1 Å². The Morgan fingerprint density at radius 3 is 2.19 bits per heavy atom. The molecule has 2 aliphatic carbocycles. The van der Waals surface area contributed by atoms with Crippen LogP contribution in [0, 0.1) is 17.8 Å². The van der Waals surface area contributed by atoms with Crippen LogP contribution < -0.4 is 5.73 Å². The normalized spacial score (nSPS) is 22.4. The zero-order chi connectivity index (χ0) is 18.9. The number of benzene rings is 1. The van der Waals surface area contributed by atoms with E-state index in [1.807, 2.05) is 0 Å². The summed E-state index contributed by atoms with van der Waals surface area (Å²) >= 11 is 0. The lowest BCUT2D eigenvalue weighted by atomic mass is 9.67. The SMILES string of the molecule is NC(CCCCB(O)O)C1CC(CC2Cc3ccccc3C2)C1.O=C=O. The van der Waals surface area contributed by atoms with Crippen LogP contribution in [0.4, 0.5) is 0 Å². The minimum atomic E-state index is -1.16. The van der Waals surface area contributed by atoms with Gasteiger partial charge in [-0.25, -0.2) is 0 Å². The van der Waals surface area contributed by atoms with E-state index in [0.29, 0.717) is 18.3 Å². The van der Waals surface area contributed by atoms with E-state index in [-0.39, 0.29) is 6.15 Å². The number of unbranched alkanes of at least 4 members (excludes halogenated alkanes) is 1. The van der Waals surface area contributed by atoms with Crippen LogP contribution in [0.5, 0.6) is 0 Å². The van der Waals surface area contributed by atoms with E-state index in [0.717, 1.165) is 31.1 Å². The number of rotatable bonds is 8. The molecule has 1 unspecified atom stereocenters. The van der Waals surface area contributed by atoms with E-state index >= 15 is 0 Å². The first-order chi connectivity index (χ1) is 12.5. The lowest BCUT2D eigenvalue weighted by molar-refractivity contribution is -0.191. The number of hydrogen-bond donors (Lipinski definition) is 3. The van der Waals surface area contributed by atoms with Gasteiger partial charge in [-0.05, 0) is 73.7 Å². The van der Waals surface area contributed by atoms with Gasteiger partial charge >= 0.3 is 13.3 Å². The quantitative estimate of drug-likeness (QED) is 0.488. The van der Waals surface area contributed by atoms with Gasteiger partial charge < -0.3 is 15.8 Å². The number of fused-ring (bicyclic) bond motifs is 1. The van der Waals surface area contributed by atoms with E-state index in [9.17, 15) is 0 Å². The average Bonchev–Trinajstić information content (AvgIpc) is 2.97. The van der Waals surface area contributed by atoms with Gasteiger partial charge in [-0.15, -0.1) is 0 Å². The van der Waals surface area contributed by atoms with Crippen molar-refractivity contribution >= 4 is 13.3 Å². The highest BCUT2D eigenvalue weighted by molar-refractivity contribution is 6.40. The number of carbonyl (C=O) groups excluding carboxylic acids is 2. The van der Waals surface area contributed by atoms with Crippen molar-refractivity contribution in [2.24, 2.45) is 23.5 Å². The monoisotopic (exact) mass is 359 g/mol. The summed E-state index contributed by atoms with van der Waals surface area (Å²) in [7, 11) is -1.16. The molecule has 0 aromatic heterocycles. The Bertz CT molecular complexity index is 558. The van der Waals surface area contributed by atoms with Gasteiger partial charge in [-0.2, -0.15) is 9.59 Å². The third kappa shape index (κ3) is 6.37. The van der Waals surface area contributed by atoms with Gasteiger partial charge in [0.15, 0.2) is 0 Å². The number of nitrogens with two attached hydrogens (primary N) is 1. The van der Waals surface area contributed by atoms with Crippen LogP contribution in [-0.2, 0) is 22.4 Å². The first kappa shape index (κ1) is 20.9. The minimum Gasteiger partial charge on any atom is -0.427 e. The van der Waals surface area contributed by atoms with E-state index < -0.39 is 7.12 Å². The van der Waals surface area contributed by atoms with E-state index in [4.69, 9.17) is 25.4 Å². The Labute approximate surface area is 156 Å². The summed E-state index contributed by atoms with van der Waals surface area (Å²) < 4.78 is 0. The lowest BCUT2D eigenvalue weighted by Gasteiger charge is -2.40. The van der Waals surface area contributed by atoms with Crippen molar-refractivity contribution in [1.82, 2.24) is 0 Å². The summed E-state index contributed by atoms with van der Waals surface area (Å²) in [6.45, 7) is 0. The fourth-order valence-electron chi connectivity index (χ4n) is 4.56. The molecule has 5 nitrogen and oxygen atoms in total. The molecule has 0 aliphatic heterocycles. The standard InChI is InChI=1S/C19H30BNO2.CO2/c21-19(7-3-4-8-20(22)23)18-12-15(13-18)9-14-10-16-5-1-2-6-17(16)11-14;2-1-3/h1-2,5-6,14-15,18-19,22-23H,3-4,7-13,21H2;. The van der Waals surface area contributed by atoms with Gasteiger partial charge in [-0.3, -0.25) is 0 Å².